The van der Waals surface area contributed by atoms with Crippen LogP contribution in [0.25, 0.3) is 0 Å². The van der Waals surface area contributed by atoms with Crippen LogP contribution in [0.15, 0.2) is 42.5 Å². The zero-order chi connectivity index (χ0) is 17.2. The van der Waals surface area contributed by atoms with Gasteiger partial charge < -0.3 is 20.1 Å². The molecule has 6 heteroatoms. The average molecular weight is 339 g/mol. The summed E-state index contributed by atoms with van der Waals surface area (Å²) < 4.78 is 10.8. The van der Waals surface area contributed by atoms with E-state index in [2.05, 4.69) is 21.9 Å². The Morgan fingerprint density at radius 1 is 0.960 bits per heavy atom. The third-order valence-electron chi connectivity index (χ3n) is 4.73. The molecular weight excluding hydrogens is 318 g/mol. The fraction of sp³-hybridized carbons (Fsp3) is 0.316. The molecule has 0 unspecified atom stereocenters. The highest BCUT2D eigenvalue weighted by molar-refractivity contribution is 5.93. The van der Waals surface area contributed by atoms with Gasteiger partial charge in [0.15, 0.2) is 11.5 Å². The molecule has 2 heterocycles. The van der Waals surface area contributed by atoms with Gasteiger partial charge in [-0.2, -0.15) is 0 Å². The minimum atomic E-state index is -0.389. The maximum Gasteiger partial charge on any atom is 0.248 e. The highest BCUT2D eigenvalue weighted by Crippen LogP contribution is 2.32. The summed E-state index contributed by atoms with van der Waals surface area (Å²) in [6.45, 7) is 5.12. The largest absolute Gasteiger partial charge is 0.454 e. The van der Waals surface area contributed by atoms with Crippen LogP contribution in [0.2, 0.25) is 0 Å². The number of nitrogens with zero attached hydrogens (tertiary/aromatic N) is 2. The molecular formula is C19H21N3O3. The lowest BCUT2D eigenvalue weighted by atomic mass is 10.1. The molecule has 0 bridgehead atoms. The second-order valence-electron chi connectivity index (χ2n) is 6.36. The first kappa shape index (κ1) is 15.8. The summed E-state index contributed by atoms with van der Waals surface area (Å²) in [4.78, 5) is 15.9. The number of hydrogen-bond acceptors (Lipinski definition) is 5. The van der Waals surface area contributed by atoms with Crippen molar-refractivity contribution in [2.24, 2.45) is 5.73 Å². The molecule has 0 saturated carbocycles. The molecule has 0 aliphatic carbocycles. The van der Waals surface area contributed by atoms with E-state index in [0.29, 0.717) is 12.4 Å². The van der Waals surface area contributed by atoms with Crippen LogP contribution in [-0.2, 0) is 6.54 Å². The number of fused-ring (bicyclic) bond motifs is 1. The van der Waals surface area contributed by atoms with Gasteiger partial charge >= 0.3 is 0 Å². The van der Waals surface area contributed by atoms with Crippen molar-refractivity contribution in [2.45, 2.75) is 6.54 Å². The Morgan fingerprint density at radius 3 is 2.40 bits per heavy atom. The Labute approximate surface area is 146 Å². The second kappa shape index (κ2) is 6.64. The lowest BCUT2D eigenvalue weighted by Crippen LogP contribution is -2.45. The number of ether oxygens (including phenoxy) is 2. The molecule has 0 spiro atoms. The Bertz CT molecular complexity index is 768. The summed E-state index contributed by atoms with van der Waals surface area (Å²) in [7, 11) is 0. The van der Waals surface area contributed by atoms with Crippen LogP contribution in [0.4, 0.5) is 5.69 Å². The van der Waals surface area contributed by atoms with Crippen molar-refractivity contribution in [1.29, 1.82) is 0 Å². The van der Waals surface area contributed by atoms with Gasteiger partial charge in [-0.05, 0) is 42.0 Å². The highest BCUT2D eigenvalue weighted by atomic mass is 16.7. The number of amides is 1. The van der Waals surface area contributed by atoms with Crippen LogP contribution in [0.5, 0.6) is 11.5 Å². The molecule has 4 rings (SSSR count). The molecule has 2 N–H and O–H groups in total. The number of rotatable bonds is 4. The number of hydrogen-bond donors (Lipinski definition) is 1. The third-order valence-corrected chi connectivity index (χ3v) is 4.73. The Kier molecular flexibility index (Phi) is 4.19. The van der Waals surface area contributed by atoms with Gasteiger partial charge in [0, 0.05) is 44.0 Å². The molecule has 130 valence electrons. The van der Waals surface area contributed by atoms with E-state index < -0.39 is 0 Å². The molecule has 6 nitrogen and oxygen atoms in total. The number of anilines is 1. The SMILES string of the molecule is NC(=O)c1ccc(N2CCN(Cc3ccc4c(c3)OCO4)CC2)cc1. The van der Waals surface area contributed by atoms with E-state index in [1.54, 1.807) is 12.1 Å². The van der Waals surface area contributed by atoms with Crippen molar-refractivity contribution in [1.82, 2.24) is 4.90 Å². The summed E-state index contributed by atoms with van der Waals surface area (Å²) in [5.41, 5.74) is 8.21. The van der Waals surface area contributed by atoms with E-state index in [0.717, 1.165) is 49.9 Å². The molecule has 2 aliphatic heterocycles. The monoisotopic (exact) mass is 339 g/mol. The van der Waals surface area contributed by atoms with Gasteiger partial charge in [-0.1, -0.05) is 6.07 Å². The van der Waals surface area contributed by atoms with Crippen LogP contribution < -0.4 is 20.1 Å². The average Bonchev–Trinajstić information content (AvgIpc) is 3.10. The number of carbonyl (C=O) groups is 1. The van der Waals surface area contributed by atoms with Gasteiger partial charge in [-0.25, -0.2) is 0 Å². The van der Waals surface area contributed by atoms with Crippen LogP contribution in [0.3, 0.4) is 0 Å². The fourth-order valence-electron chi connectivity index (χ4n) is 3.30. The zero-order valence-electron chi connectivity index (χ0n) is 14.0. The summed E-state index contributed by atoms with van der Waals surface area (Å²) in [6.07, 6.45) is 0. The normalized spacial score (nSPS) is 16.9. The first-order chi connectivity index (χ1) is 12.2. The van der Waals surface area contributed by atoms with Crippen molar-refractivity contribution in [3.63, 3.8) is 0 Å². The molecule has 2 aromatic carbocycles. The minimum absolute atomic E-state index is 0.312. The quantitative estimate of drug-likeness (QED) is 0.920. The predicted octanol–water partition coefficient (Wildman–Crippen LogP) is 1.84. The molecule has 1 fully saturated rings. The van der Waals surface area contributed by atoms with E-state index in [-0.39, 0.29) is 5.91 Å². The maximum absolute atomic E-state index is 11.2. The van der Waals surface area contributed by atoms with Gasteiger partial charge in [0.25, 0.3) is 0 Å². The first-order valence-electron chi connectivity index (χ1n) is 8.45. The lowest BCUT2D eigenvalue weighted by molar-refractivity contribution is 0.100. The molecule has 25 heavy (non-hydrogen) atoms. The van der Waals surface area contributed by atoms with E-state index in [1.807, 2.05) is 18.2 Å². The second-order valence-corrected chi connectivity index (χ2v) is 6.36. The molecule has 1 saturated heterocycles. The minimum Gasteiger partial charge on any atom is -0.454 e. The Balaban J connectivity index is 1.34. The number of piperazine rings is 1. The van der Waals surface area contributed by atoms with Crippen molar-refractivity contribution in [2.75, 3.05) is 37.9 Å². The number of carbonyl (C=O) groups excluding carboxylic acids is 1. The molecule has 0 aromatic heterocycles. The van der Waals surface area contributed by atoms with Gasteiger partial charge in [0.05, 0.1) is 0 Å². The van der Waals surface area contributed by atoms with Crippen LogP contribution in [0, 0.1) is 0 Å². The van der Waals surface area contributed by atoms with E-state index >= 15 is 0 Å². The standard InChI is InChI=1S/C19H21N3O3/c20-19(23)15-2-4-16(5-3-15)22-9-7-21(8-10-22)12-14-1-6-17-18(11-14)25-13-24-17/h1-6,11H,7-10,12-13H2,(H2,20,23). The lowest BCUT2D eigenvalue weighted by Gasteiger charge is -2.36. The number of primary amides is 1. The van der Waals surface area contributed by atoms with Gasteiger partial charge in [-0.15, -0.1) is 0 Å². The highest BCUT2D eigenvalue weighted by Gasteiger charge is 2.19. The van der Waals surface area contributed by atoms with Crippen molar-refractivity contribution in [3.05, 3.63) is 53.6 Å². The van der Waals surface area contributed by atoms with Gasteiger partial charge in [-0.3, -0.25) is 9.69 Å². The number of nitrogens with two attached hydrogens (primary N) is 1. The van der Waals surface area contributed by atoms with E-state index in [9.17, 15) is 4.79 Å². The van der Waals surface area contributed by atoms with Crippen LogP contribution in [0.1, 0.15) is 15.9 Å². The summed E-state index contributed by atoms with van der Waals surface area (Å²) in [5, 5.41) is 0. The third kappa shape index (κ3) is 3.39. The summed E-state index contributed by atoms with van der Waals surface area (Å²) >= 11 is 0. The van der Waals surface area contributed by atoms with Gasteiger partial charge in [0.2, 0.25) is 12.7 Å². The van der Waals surface area contributed by atoms with E-state index in [1.165, 1.54) is 5.56 Å². The predicted molar refractivity (Wildman–Crippen MR) is 95.0 cm³/mol. The smallest absolute Gasteiger partial charge is 0.248 e. The number of benzene rings is 2. The molecule has 2 aromatic rings. The first-order valence-corrected chi connectivity index (χ1v) is 8.45. The fourth-order valence-corrected chi connectivity index (χ4v) is 3.30. The Morgan fingerprint density at radius 2 is 1.68 bits per heavy atom. The van der Waals surface area contributed by atoms with Crippen molar-refractivity contribution < 1.29 is 14.3 Å². The molecule has 0 atom stereocenters. The van der Waals surface area contributed by atoms with Gasteiger partial charge in [0.1, 0.15) is 0 Å². The topological polar surface area (TPSA) is 68.0 Å². The molecule has 0 radical (unpaired) electrons. The maximum atomic E-state index is 11.2. The molecule has 1 amide bonds. The summed E-state index contributed by atoms with van der Waals surface area (Å²) in [6, 6.07) is 13.7. The van der Waals surface area contributed by atoms with Crippen molar-refractivity contribution in [3.8, 4) is 11.5 Å². The van der Waals surface area contributed by atoms with Crippen LogP contribution >= 0.6 is 0 Å². The van der Waals surface area contributed by atoms with E-state index in [4.69, 9.17) is 15.2 Å². The van der Waals surface area contributed by atoms with Crippen molar-refractivity contribution >= 4 is 11.6 Å². The van der Waals surface area contributed by atoms with Crippen LogP contribution in [-0.4, -0.2) is 43.8 Å². The molecule has 2 aliphatic rings. The summed E-state index contributed by atoms with van der Waals surface area (Å²) in [5.74, 6) is 1.28. The zero-order valence-corrected chi connectivity index (χ0v) is 14.0. The Hall–Kier alpha value is -2.73.